The summed E-state index contributed by atoms with van der Waals surface area (Å²) in [6.07, 6.45) is 0.545. The standard InChI is InChI=1S/C20H29N3O3/c1-13(2)11-15-19(26)23(12-16(24)21-15)17(14-9-7-6-8-10-14)18(25)22-20(3,4)5/h6-10,13,15,17H,11-12H2,1-5H3,(H,21,24)(H,22,25)/t15-,17?/m0/s1. The lowest BCUT2D eigenvalue weighted by Gasteiger charge is -2.38. The van der Waals surface area contributed by atoms with Crippen LogP contribution in [0.25, 0.3) is 0 Å². The number of hydrogen-bond donors (Lipinski definition) is 2. The van der Waals surface area contributed by atoms with E-state index in [1.54, 1.807) is 0 Å². The minimum Gasteiger partial charge on any atom is -0.349 e. The van der Waals surface area contributed by atoms with Crippen LogP contribution in [0.1, 0.15) is 52.6 Å². The Hall–Kier alpha value is -2.37. The first-order valence-electron chi connectivity index (χ1n) is 9.05. The summed E-state index contributed by atoms with van der Waals surface area (Å²) in [6, 6.07) is 7.70. The van der Waals surface area contributed by atoms with E-state index in [4.69, 9.17) is 0 Å². The number of nitrogens with zero attached hydrogens (tertiary/aromatic N) is 1. The fraction of sp³-hybridized carbons (Fsp3) is 0.550. The molecule has 2 rings (SSSR count). The van der Waals surface area contributed by atoms with Crippen molar-refractivity contribution in [3.8, 4) is 0 Å². The topological polar surface area (TPSA) is 78.5 Å². The molecule has 0 aliphatic carbocycles. The second-order valence-corrected chi connectivity index (χ2v) is 8.27. The maximum absolute atomic E-state index is 13.0. The zero-order valence-electron chi connectivity index (χ0n) is 16.2. The van der Waals surface area contributed by atoms with Crippen LogP contribution >= 0.6 is 0 Å². The van der Waals surface area contributed by atoms with Crippen LogP contribution in [-0.2, 0) is 14.4 Å². The van der Waals surface area contributed by atoms with Gasteiger partial charge in [0.1, 0.15) is 18.6 Å². The van der Waals surface area contributed by atoms with Crippen LogP contribution in [0.4, 0.5) is 0 Å². The highest BCUT2D eigenvalue weighted by molar-refractivity contribution is 5.98. The zero-order valence-corrected chi connectivity index (χ0v) is 16.2. The maximum Gasteiger partial charge on any atom is 0.247 e. The number of hydrogen-bond acceptors (Lipinski definition) is 3. The smallest absolute Gasteiger partial charge is 0.247 e. The Kier molecular flexibility index (Phi) is 6.05. The van der Waals surface area contributed by atoms with Crippen molar-refractivity contribution in [3.63, 3.8) is 0 Å². The molecule has 1 saturated heterocycles. The van der Waals surface area contributed by atoms with Crippen molar-refractivity contribution < 1.29 is 14.4 Å². The molecule has 0 bridgehead atoms. The monoisotopic (exact) mass is 359 g/mol. The van der Waals surface area contributed by atoms with Crippen LogP contribution in [0.15, 0.2) is 30.3 Å². The Morgan fingerprint density at radius 1 is 1.23 bits per heavy atom. The molecule has 1 fully saturated rings. The number of benzene rings is 1. The molecule has 1 heterocycles. The van der Waals surface area contributed by atoms with Gasteiger partial charge in [0, 0.05) is 5.54 Å². The molecule has 1 unspecified atom stereocenters. The van der Waals surface area contributed by atoms with Crippen molar-refractivity contribution in [1.82, 2.24) is 15.5 Å². The first kappa shape index (κ1) is 19.9. The number of carbonyl (C=O) groups is 3. The van der Waals surface area contributed by atoms with Gasteiger partial charge in [-0.2, -0.15) is 0 Å². The average molecular weight is 359 g/mol. The lowest BCUT2D eigenvalue weighted by atomic mass is 9.96. The molecule has 1 aromatic rings. The van der Waals surface area contributed by atoms with Crippen molar-refractivity contribution >= 4 is 17.7 Å². The Morgan fingerprint density at radius 3 is 2.38 bits per heavy atom. The highest BCUT2D eigenvalue weighted by atomic mass is 16.2. The van der Waals surface area contributed by atoms with Crippen molar-refractivity contribution in [2.75, 3.05) is 6.54 Å². The van der Waals surface area contributed by atoms with Crippen LogP contribution < -0.4 is 10.6 Å². The van der Waals surface area contributed by atoms with Crippen LogP contribution in [0.5, 0.6) is 0 Å². The largest absolute Gasteiger partial charge is 0.349 e. The van der Waals surface area contributed by atoms with Gasteiger partial charge in [-0.05, 0) is 38.7 Å². The molecule has 1 aliphatic rings. The second-order valence-electron chi connectivity index (χ2n) is 8.27. The third kappa shape index (κ3) is 5.07. The maximum atomic E-state index is 13.0. The van der Waals surface area contributed by atoms with E-state index in [1.807, 2.05) is 65.0 Å². The highest BCUT2D eigenvalue weighted by Crippen LogP contribution is 2.25. The average Bonchev–Trinajstić information content (AvgIpc) is 2.50. The molecular formula is C20H29N3O3. The summed E-state index contributed by atoms with van der Waals surface area (Å²) in [5.74, 6) is -0.478. The second kappa shape index (κ2) is 7.89. The van der Waals surface area contributed by atoms with Crippen molar-refractivity contribution in [2.24, 2.45) is 5.92 Å². The summed E-state index contributed by atoms with van der Waals surface area (Å²) in [6.45, 7) is 9.54. The molecule has 26 heavy (non-hydrogen) atoms. The third-order valence-corrected chi connectivity index (χ3v) is 4.11. The SMILES string of the molecule is CC(C)C[C@@H]1NC(=O)CN(C(C(=O)NC(C)(C)C)c2ccccc2)C1=O. The van der Waals surface area contributed by atoms with E-state index in [1.165, 1.54) is 4.90 Å². The van der Waals surface area contributed by atoms with Crippen molar-refractivity contribution in [3.05, 3.63) is 35.9 Å². The van der Waals surface area contributed by atoms with Crippen LogP contribution in [0.3, 0.4) is 0 Å². The van der Waals surface area contributed by atoms with E-state index in [-0.39, 0.29) is 30.2 Å². The molecular weight excluding hydrogens is 330 g/mol. The van der Waals surface area contributed by atoms with E-state index in [9.17, 15) is 14.4 Å². The number of carbonyl (C=O) groups excluding carboxylic acids is 3. The zero-order chi connectivity index (χ0) is 19.5. The molecule has 2 atom stereocenters. The molecule has 1 aliphatic heterocycles. The van der Waals surface area contributed by atoms with Gasteiger partial charge >= 0.3 is 0 Å². The van der Waals surface area contributed by atoms with Gasteiger partial charge in [-0.3, -0.25) is 14.4 Å². The van der Waals surface area contributed by atoms with Gasteiger partial charge in [0.15, 0.2) is 0 Å². The van der Waals surface area contributed by atoms with Crippen molar-refractivity contribution in [2.45, 2.75) is 58.7 Å². The van der Waals surface area contributed by atoms with Crippen molar-refractivity contribution in [1.29, 1.82) is 0 Å². The number of piperazine rings is 1. The summed E-state index contributed by atoms with van der Waals surface area (Å²) in [5, 5.41) is 5.70. The van der Waals surface area contributed by atoms with Gasteiger partial charge in [-0.25, -0.2) is 0 Å². The lowest BCUT2D eigenvalue weighted by molar-refractivity contribution is -0.151. The Labute approximate surface area is 155 Å². The predicted molar refractivity (Wildman–Crippen MR) is 100 cm³/mol. The molecule has 2 N–H and O–H groups in total. The van der Waals surface area contributed by atoms with Gasteiger partial charge < -0.3 is 15.5 Å². The summed E-state index contributed by atoms with van der Waals surface area (Å²) >= 11 is 0. The molecule has 3 amide bonds. The van der Waals surface area contributed by atoms with Gasteiger partial charge in [-0.15, -0.1) is 0 Å². The van der Waals surface area contributed by atoms with Gasteiger partial charge in [0.05, 0.1) is 0 Å². The highest BCUT2D eigenvalue weighted by Gasteiger charge is 2.40. The molecule has 0 spiro atoms. The van der Waals surface area contributed by atoms with E-state index in [2.05, 4.69) is 10.6 Å². The summed E-state index contributed by atoms with van der Waals surface area (Å²) in [4.78, 5) is 39.6. The third-order valence-electron chi connectivity index (χ3n) is 4.11. The predicted octanol–water partition coefficient (Wildman–Crippen LogP) is 2.02. The first-order chi connectivity index (χ1) is 12.1. The molecule has 0 saturated carbocycles. The molecule has 142 valence electrons. The molecule has 1 aromatic carbocycles. The van der Waals surface area contributed by atoms with E-state index in [0.29, 0.717) is 12.0 Å². The van der Waals surface area contributed by atoms with Gasteiger partial charge in [-0.1, -0.05) is 44.2 Å². The van der Waals surface area contributed by atoms with E-state index < -0.39 is 17.6 Å². The Bertz CT molecular complexity index is 665. The quantitative estimate of drug-likeness (QED) is 0.844. The summed E-state index contributed by atoms with van der Waals surface area (Å²) in [7, 11) is 0. The Balaban J connectivity index is 2.38. The van der Waals surface area contributed by atoms with E-state index >= 15 is 0 Å². The summed E-state index contributed by atoms with van der Waals surface area (Å²) < 4.78 is 0. The minimum atomic E-state index is -0.830. The molecule has 0 radical (unpaired) electrons. The summed E-state index contributed by atoms with van der Waals surface area (Å²) in [5.41, 5.74) is 0.253. The fourth-order valence-corrected chi connectivity index (χ4v) is 3.13. The molecule has 6 heteroatoms. The number of rotatable bonds is 5. The minimum absolute atomic E-state index is 0.120. The molecule has 0 aromatic heterocycles. The number of amides is 3. The Morgan fingerprint density at radius 2 is 1.85 bits per heavy atom. The van der Waals surface area contributed by atoms with Gasteiger partial charge in [0.2, 0.25) is 17.7 Å². The lowest BCUT2D eigenvalue weighted by Crippen LogP contribution is -2.61. The number of nitrogens with one attached hydrogen (secondary N) is 2. The van der Waals surface area contributed by atoms with Crippen LogP contribution in [-0.4, -0.2) is 40.7 Å². The van der Waals surface area contributed by atoms with Crippen LogP contribution in [0.2, 0.25) is 0 Å². The normalized spacial score (nSPS) is 19.3. The fourth-order valence-electron chi connectivity index (χ4n) is 3.13. The van der Waals surface area contributed by atoms with Crippen LogP contribution in [0, 0.1) is 5.92 Å². The molecule has 6 nitrogen and oxygen atoms in total. The van der Waals surface area contributed by atoms with E-state index in [0.717, 1.165) is 0 Å². The first-order valence-corrected chi connectivity index (χ1v) is 9.05. The van der Waals surface area contributed by atoms with Gasteiger partial charge in [0.25, 0.3) is 0 Å².